The number of unbranched alkanes of at least 4 members (excludes halogenated alkanes) is 1. The fourth-order valence-electron chi connectivity index (χ4n) is 1.32. The second kappa shape index (κ2) is 8.19. The summed E-state index contributed by atoms with van der Waals surface area (Å²) in [6.45, 7) is 6.34. The number of ether oxygens (including phenoxy) is 2. The van der Waals surface area contributed by atoms with Crippen molar-refractivity contribution in [1.29, 1.82) is 0 Å². The number of hydrogen-bond acceptors (Lipinski definition) is 4. The van der Waals surface area contributed by atoms with Crippen molar-refractivity contribution in [3.05, 3.63) is 0 Å². The Labute approximate surface area is 103 Å². The standard InChI is InChI=1S/C10H23O6P/c1-4-7-8-14-9-10(5-2,15-6-3)16-17(11,12)13/h4-9H2,1-3H3,(H2,11,12,13). The first-order chi connectivity index (χ1) is 7.89. The zero-order valence-electron chi connectivity index (χ0n) is 10.7. The predicted molar refractivity (Wildman–Crippen MR) is 63.5 cm³/mol. The number of phosphoric ester groups is 1. The highest BCUT2D eigenvalue weighted by atomic mass is 31.2. The Bertz CT molecular complexity index is 241. The van der Waals surface area contributed by atoms with Gasteiger partial charge < -0.3 is 19.3 Å². The molecule has 0 aromatic carbocycles. The van der Waals surface area contributed by atoms with Crippen molar-refractivity contribution in [2.75, 3.05) is 19.8 Å². The van der Waals surface area contributed by atoms with Crippen molar-refractivity contribution in [2.24, 2.45) is 0 Å². The lowest BCUT2D eigenvalue weighted by molar-refractivity contribution is -0.221. The second-order valence-electron chi connectivity index (χ2n) is 3.69. The van der Waals surface area contributed by atoms with E-state index in [0.29, 0.717) is 19.6 Å². The minimum Gasteiger partial charge on any atom is -0.376 e. The van der Waals surface area contributed by atoms with Crippen LogP contribution in [0.25, 0.3) is 0 Å². The molecule has 0 spiro atoms. The third-order valence-corrected chi connectivity index (χ3v) is 2.77. The van der Waals surface area contributed by atoms with Crippen molar-refractivity contribution in [1.82, 2.24) is 0 Å². The fourth-order valence-corrected chi connectivity index (χ4v) is 1.98. The molecule has 0 saturated carbocycles. The summed E-state index contributed by atoms with van der Waals surface area (Å²) >= 11 is 0. The molecular formula is C10H23O6P. The van der Waals surface area contributed by atoms with Gasteiger partial charge in [0.05, 0.1) is 0 Å². The highest BCUT2D eigenvalue weighted by Gasteiger charge is 2.37. The van der Waals surface area contributed by atoms with E-state index in [1.807, 2.05) is 6.92 Å². The normalized spacial score (nSPS) is 15.8. The molecule has 0 aliphatic rings. The van der Waals surface area contributed by atoms with E-state index in [1.54, 1.807) is 13.8 Å². The van der Waals surface area contributed by atoms with Crippen LogP contribution in [0.4, 0.5) is 0 Å². The number of hydrogen-bond donors (Lipinski definition) is 2. The first-order valence-corrected chi connectivity index (χ1v) is 7.40. The minimum atomic E-state index is -4.59. The summed E-state index contributed by atoms with van der Waals surface area (Å²) in [6.07, 6.45) is 2.19. The van der Waals surface area contributed by atoms with Gasteiger partial charge in [-0.2, -0.15) is 0 Å². The monoisotopic (exact) mass is 270 g/mol. The van der Waals surface area contributed by atoms with Crippen LogP contribution in [-0.4, -0.2) is 35.4 Å². The van der Waals surface area contributed by atoms with Gasteiger partial charge in [-0.05, 0) is 13.3 Å². The van der Waals surface area contributed by atoms with Gasteiger partial charge in [0.15, 0.2) is 0 Å². The Kier molecular flexibility index (Phi) is 8.20. The SMILES string of the molecule is CCCCOCC(CC)(OCC)OP(=O)(O)O. The van der Waals surface area contributed by atoms with Crippen LogP contribution >= 0.6 is 7.82 Å². The van der Waals surface area contributed by atoms with Crippen LogP contribution in [-0.2, 0) is 18.6 Å². The lowest BCUT2D eigenvalue weighted by Gasteiger charge is -2.31. The molecule has 0 radical (unpaired) electrons. The molecule has 0 aromatic rings. The molecule has 1 atom stereocenters. The lowest BCUT2D eigenvalue weighted by atomic mass is 10.2. The molecule has 0 heterocycles. The fraction of sp³-hybridized carbons (Fsp3) is 1.00. The highest BCUT2D eigenvalue weighted by Crippen LogP contribution is 2.43. The zero-order valence-corrected chi connectivity index (χ0v) is 11.6. The summed E-state index contributed by atoms with van der Waals surface area (Å²) in [7, 11) is -4.59. The van der Waals surface area contributed by atoms with Crippen LogP contribution in [0.1, 0.15) is 40.0 Å². The molecule has 0 bridgehead atoms. The molecule has 0 rings (SSSR count). The number of phosphoric acid groups is 1. The summed E-state index contributed by atoms with van der Waals surface area (Å²) in [5.41, 5.74) is 0. The molecule has 0 amide bonds. The molecule has 7 heteroatoms. The van der Waals surface area contributed by atoms with E-state index in [2.05, 4.69) is 0 Å². The molecule has 0 saturated heterocycles. The van der Waals surface area contributed by atoms with Gasteiger partial charge in [0.25, 0.3) is 0 Å². The molecule has 0 fully saturated rings. The number of rotatable bonds is 10. The smallest absolute Gasteiger partial charge is 0.376 e. The molecule has 2 N–H and O–H groups in total. The van der Waals surface area contributed by atoms with E-state index in [1.165, 1.54) is 0 Å². The van der Waals surface area contributed by atoms with Crippen molar-refractivity contribution in [3.63, 3.8) is 0 Å². The van der Waals surface area contributed by atoms with Gasteiger partial charge >= 0.3 is 7.82 Å². The zero-order chi connectivity index (χ0) is 13.4. The van der Waals surface area contributed by atoms with Crippen molar-refractivity contribution < 1.29 is 28.3 Å². The van der Waals surface area contributed by atoms with Gasteiger partial charge in [0.2, 0.25) is 5.79 Å². The summed E-state index contributed by atoms with van der Waals surface area (Å²) in [6, 6.07) is 0. The molecule has 1 unspecified atom stereocenters. The van der Waals surface area contributed by atoms with E-state index in [-0.39, 0.29) is 6.61 Å². The molecule has 0 aliphatic carbocycles. The van der Waals surface area contributed by atoms with Crippen LogP contribution in [0.15, 0.2) is 0 Å². The summed E-state index contributed by atoms with van der Waals surface area (Å²) in [5, 5.41) is 0. The first kappa shape index (κ1) is 17.0. The van der Waals surface area contributed by atoms with Gasteiger partial charge in [0, 0.05) is 19.6 Å². The topological polar surface area (TPSA) is 85.2 Å². The van der Waals surface area contributed by atoms with E-state index in [0.717, 1.165) is 12.8 Å². The third-order valence-electron chi connectivity index (χ3n) is 2.20. The highest BCUT2D eigenvalue weighted by molar-refractivity contribution is 7.46. The summed E-state index contributed by atoms with van der Waals surface area (Å²) in [5.74, 6) is -1.36. The van der Waals surface area contributed by atoms with Crippen molar-refractivity contribution >= 4 is 7.82 Å². The second-order valence-corrected chi connectivity index (χ2v) is 4.85. The van der Waals surface area contributed by atoms with Crippen LogP contribution < -0.4 is 0 Å². The molecule has 17 heavy (non-hydrogen) atoms. The Hall–Kier alpha value is 0.0300. The first-order valence-electron chi connectivity index (χ1n) is 5.87. The van der Waals surface area contributed by atoms with Crippen molar-refractivity contribution in [3.8, 4) is 0 Å². The maximum Gasteiger partial charge on any atom is 0.472 e. The molecule has 0 aromatic heterocycles. The average molecular weight is 270 g/mol. The summed E-state index contributed by atoms with van der Waals surface area (Å²) < 4.78 is 26.3. The minimum absolute atomic E-state index is 0.0163. The van der Waals surface area contributed by atoms with Crippen molar-refractivity contribution in [2.45, 2.75) is 45.8 Å². The van der Waals surface area contributed by atoms with Gasteiger partial charge in [-0.25, -0.2) is 4.57 Å². The Morgan fingerprint density at radius 2 is 1.88 bits per heavy atom. The van der Waals surface area contributed by atoms with Gasteiger partial charge in [-0.3, -0.25) is 4.52 Å². The summed E-state index contributed by atoms with van der Waals surface area (Å²) in [4.78, 5) is 17.7. The van der Waals surface area contributed by atoms with Gasteiger partial charge in [-0.15, -0.1) is 0 Å². The van der Waals surface area contributed by atoms with Crippen LogP contribution in [0.3, 0.4) is 0 Å². The molecule has 6 nitrogen and oxygen atoms in total. The van der Waals surface area contributed by atoms with Crippen LogP contribution in [0.5, 0.6) is 0 Å². The van der Waals surface area contributed by atoms with E-state index < -0.39 is 13.6 Å². The Balaban J connectivity index is 4.42. The maximum absolute atomic E-state index is 10.9. The maximum atomic E-state index is 10.9. The predicted octanol–water partition coefficient (Wildman–Crippen LogP) is 2.06. The Morgan fingerprint density at radius 1 is 1.24 bits per heavy atom. The quantitative estimate of drug-likeness (QED) is 0.359. The van der Waals surface area contributed by atoms with E-state index in [4.69, 9.17) is 23.8 Å². The average Bonchev–Trinajstić information content (AvgIpc) is 2.22. The van der Waals surface area contributed by atoms with Gasteiger partial charge in [0.1, 0.15) is 6.61 Å². The van der Waals surface area contributed by atoms with E-state index in [9.17, 15) is 4.57 Å². The van der Waals surface area contributed by atoms with Gasteiger partial charge in [-0.1, -0.05) is 20.3 Å². The molecule has 104 valence electrons. The molecular weight excluding hydrogens is 247 g/mol. The lowest BCUT2D eigenvalue weighted by Crippen LogP contribution is -2.39. The van der Waals surface area contributed by atoms with E-state index >= 15 is 0 Å². The van der Waals surface area contributed by atoms with Crippen LogP contribution in [0.2, 0.25) is 0 Å². The Morgan fingerprint density at radius 3 is 2.29 bits per heavy atom. The largest absolute Gasteiger partial charge is 0.472 e. The third kappa shape index (κ3) is 7.86. The molecule has 0 aliphatic heterocycles. The van der Waals surface area contributed by atoms with Crippen LogP contribution in [0, 0.1) is 0 Å².